The van der Waals surface area contributed by atoms with Crippen molar-refractivity contribution in [3.8, 4) is 0 Å². The molecule has 0 saturated carbocycles. The first kappa shape index (κ1) is 17.1. The molecule has 1 aliphatic rings. The molecule has 0 N–H and O–H groups in total. The first-order chi connectivity index (χ1) is 6.62. The minimum Gasteiger partial charge on any atom is -0.107 e. The Morgan fingerprint density at radius 1 is 1.19 bits per heavy atom. The van der Waals surface area contributed by atoms with E-state index in [4.69, 9.17) is 0 Å². The Morgan fingerprint density at radius 3 is 2.44 bits per heavy atom. The summed E-state index contributed by atoms with van der Waals surface area (Å²) in [6, 6.07) is 8.73. The van der Waals surface area contributed by atoms with Gasteiger partial charge < -0.3 is 0 Å². The third kappa shape index (κ3) is 3.56. The van der Waals surface area contributed by atoms with E-state index >= 15 is 0 Å². The van der Waals surface area contributed by atoms with Crippen LogP contribution in [0.3, 0.4) is 0 Å². The van der Waals surface area contributed by atoms with Gasteiger partial charge in [0.25, 0.3) is 0 Å². The van der Waals surface area contributed by atoms with Gasteiger partial charge in [-0.2, -0.15) is 0 Å². The van der Waals surface area contributed by atoms with E-state index in [-0.39, 0.29) is 51.7 Å². The first-order valence-corrected chi connectivity index (χ1v) is 5.94. The quantitative estimate of drug-likeness (QED) is 0.429. The van der Waals surface area contributed by atoms with E-state index in [1.165, 1.54) is 17.5 Å². The van der Waals surface area contributed by atoms with Gasteiger partial charge in [0.1, 0.15) is 0 Å². The zero-order chi connectivity index (χ0) is 10.2. The van der Waals surface area contributed by atoms with Crippen molar-refractivity contribution in [2.45, 2.75) is 24.0 Å². The minimum absolute atomic E-state index is 0. The van der Waals surface area contributed by atoms with Crippen molar-refractivity contribution in [1.82, 2.24) is 0 Å². The zero-order valence-corrected chi connectivity index (χ0v) is 15.8. The fourth-order valence-electron chi connectivity index (χ4n) is 2.19. The van der Waals surface area contributed by atoms with Crippen LogP contribution >= 0.6 is 48.0 Å². The van der Waals surface area contributed by atoms with Gasteiger partial charge in [-0.05, 0) is 0 Å². The van der Waals surface area contributed by atoms with Crippen LogP contribution in [0, 0.1) is 5.92 Å². The van der Waals surface area contributed by atoms with E-state index in [1.54, 1.807) is 0 Å². The summed E-state index contributed by atoms with van der Waals surface area (Å²) in [7, 11) is 0. The van der Waals surface area contributed by atoms with Crippen molar-refractivity contribution >= 4 is 54.0 Å². The molecule has 0 heterocycles. The maximum Gasteiger partial charge on any atom is -0.107 e. The molecule has 0 saturated heterocycles. The Labute approximate surface area is 144 Å². The summed E-state index contributed by atoms with van der Waals surface area (Å²) >= 11 is 2.34. The van der Waals surface area contributed by atoms with Crippen LogP contribution in [-0.2, 0) is 24.2 Å². The van der Waals surface area contributed by atoms with Crippen LogP contribution in [0.2, 0.25) is 0 Å². The van der Waals surface area contributed by atoms with Gasteiger partial charge >= 0.3 is 97.9 Å². The number of fused-ring (bicyclic) bond motifs is 1. The number of benzene rings is 1. The van der Waals surface area contributed by atoms with Gasteiger partial charge in [0.2, 0.25) is 0 Å². The van der Waals surface area contributed by atoms with Crippen LogP contribution in [0.25, 0.3) is 6.08 Å². The van der Waals surface area contributed by atoms with E-state index in [9.17, 15) is 0 Å². The molecule has 0 aliphatic heterocycles. The fourth-order valence-corrected chi connectivity index (χ4v) is 3.32. The van der Waals surface area contributed by atoms with Crippen LogP contribution in [0.1, 0.15) is 31.4 Å². The minimum atomic E-state index is 0. The van der Waals surface area contributed by atoms with E-state index in [0.717, 1.165) is 5.92 Å². The van der Waals surface area contributed by atoms with Crippen LogP contribution in [0.4, 0.5) is 0 Å². The molecule has 0 aromatic heterocycles. The topological polar surface area (TPSA) is 0 Å². The largest absolute Gasteiger partial charge is 0.107 e. The van der Waals surface area contributed by atoms with Gasteiger partial charge in [-0.15, -0.1) is 48.0 Å². The Hall–Kier alpha value is 1.13. The summed E-state index contributed by atoms with van der Waals surface area (Å²) in [5, 5.41) is 0. The monoisotopic (exact) mass is 475 g/mol. The van der Waals surface area contributed by atoms with Gasteiger partial charge in [0.15, 0.2) is 0 Å². The Bertz CT molecular complexity index is 374. The molecular weight excluding hydrogens is 458 g/mol. The molecule has 0 radical (unpaired) electrons. The van der Waals surface area contributed by atoms with Crippen LogP contribution < -0.4 is 0 Å². The predicted octanol–water partition coefficient (Wildman–Crippen LogP) is 4.74. The van der Waals surface area contributed by atoms with Crippen molar-refractivity contribution in [2.24, 2.45) is 5.92 Å². The molecule has 0 fully saturated rings. The van der Waals surface area contributed by atoms with Crippen molar-refractivity contribution in [1.29, 1.82) is 0 Å². The van der Waals surface area contributed by atoms with Gasteiger partial charge in [-0.1, -0.05) is 0 Å². The van der Waals surface area contributed by atoms with Crippen LogP contribution in [-0.4, -0.2) is 0 Å². The van der Waals surface area contributed by atoms with Gasteiger partial charge in [0, 0.05) is 0 Å². The Kier molecular flexibility index (Phi) is 7.39. The molecule has 1 aliphatic carbocycles. The summed E-state index contributed by atoms with van der Waals surface area (Å²) in [4.78, 5) is 0. The van der Waals surface area contributed by atoms with E-state index in [0.29, 0.717) is 0 Å². The molecule has 2 rings (SSSR count). The first-order valence-electron chi connectivity index (χ1n) is 5.15. The summed E-state index contributed by atoms with van der Waals surface area (Å²) in [5.74, 6) is 0.746. The molecule has 1 aromatic carbocycles. The van der Waals surface area contributed by atoms with E-state index in [2.05, 4.69) is 70.7 Å². The molecular formula is C13H17I2Ti. The Morgan fingerprint density at radius 2 is 1.81 bits per heavy atom. The molecule has 87 valence electrons. The molecule has 0 amide bonds. The average Bonchev–Trinajstić information content (AvgIpc) is 2.44. The standard InChI is InChI=1S/C13H15.2HI.Ti/c1-10(2)9-12-8-7-11-5-3-4-6-13(11)12;;;/h3-8,10H,9H2,1-2H3;2*1H;. The number of halogens is 2. The summed E-state index contributed by atoms with van der Waals surface area (Å²) in [5.41, 5.74) is 2.89. The Balaban J connectivity index is 0.00000112. The van der Waals surface area contributed by atoms with Gasteiger partial charge in [-0.3, -0.25) is 0 Å². The number of allylic oxidation sites excluding steroid dienone is 1. The van der Waals surface area contributed by atoms with Crippen molar-refractivity contribution in [3.63, 3.8) is 0 Å². The molecule has 1 atom stereocenters. The smallest absolute Gasteiger partial charge is 0.107 e. The molecule has 0 spiro atoms. The second kappa shape index (κ2) is 6.90. The van der Waals surface area contributed by atoms with Gasteiger partial charge in [0.05, 0.1) is 0 Å². The molecule has 0 nitrogen and oxygen atoms in total. The molecule has 1 aromatic rings. The van der Waals surface area contributed by atoms with Crippen LogP contribution in [0.15, 0.2) is 30.3 Å². The zero-order valence-electron chi connectivity index (χ0n) is 9.57. The molecule has 0 bridgehead atoms. The van der Waals surface area contributed by atoms with E-state index in [1.807, 2.05) is 0 Å². The second-order valence-electron chi connectivity index (χ2n) is 4.49. The van der Waals surface area contributed by atoms with E-state index < -0.39 is 0 Å². The average molecular weight is 475 g/mol. The predicted molar refractivity (Wildman–Crippen MR) is 87.4 cm³/mol. The summed E-state index contributed by atoms with van der Waals surface area (Å²) in [6.45, 7) is 4.58. The maximum atomic E-state index is 2.36. The number of hydrogen-bond donors (Lipinski definition) is 0. The van der Waals surface area contributed by atoms with Crippen molar-refractivity contribution < 1.29 is 20.4 Å². The van der Waals surface area contributed by atoms with Crippen molar-refractivity contribution in [2.75, 3.05) is 0 Å². The van der Waals surface area contributed by atoms with Gasteiger partial charge in [-0.25, -0.2) is 0 Å². The number of rotatable bonds is 2. The molecule has 3 heteroatoms. The third-order valence-electron chi connectivity index (χ3n) is 2.72. The third-order valence-corrected chi connectivity index (χ3v) is 3.72. The van der Waals surface area contributed by atoms with Crippen LogP contribution in [0.5, 0.6) is 0 Å². The normalized spacial score (nSPS) is 21.1. The molecule has 16 heavy (non-hydrogen) atoms. The summed E-state index contributed by atoms with van der Waals surface area (Å²) in [6.07, 6.45) is 5.86. The SMILES string of the molecule is CC(C)C[C]1([Ti])C=Cc2ccccc21.I.I. The number of hydrogen-bond acceptors (Lipinski definition) is 0. The maximum absolute atomic E-state index is 2.36. The molecule has 1 unspecified atom stereocenters. The summed E-state index contributed by atoms with van der Waals surface area (Å²) < 4.78 is 0.269. The second-order valence-corrected chi connectivity index (χ2v) is 5.88. The fraction of sp³-hybridized carbons (Fsp3) is 0.385. The van der Waals surface area contributed by atoms with Crippen molar-refractivity contribution in [3.05, 3.63) is 41.5 Å².